The molecule has 7 heteroatoms. The molecule has 0 spiro atoms. The molecule has 0 unspecified atom stereocenters. The zero-order valence-corrected chi connectivity index (χ0v) is 12.0. The Hall–Kier alpha value is -0.790. The lowest BCUT2D eigenvalue weighted by atomic mass is 10.2. The van der Waals surface area contributed by atoms with Gasteiger partial charge in [0.1, 0.15) is 4.90 Å². The van der Waals surface area contributed by atoms with Gasteiger partial charge in [-0.25, -0.2) is 8.42 Å². The summed E-state index contributed by atoms with van der Waals surface area (Å²) in [5.41, 5.74) is -0.468. The number of nitrogens with zero attached hydrogens (tertiary/aromatic N) is 1. The second kappa shape index (κ2) is 4.71. The Kier molecular flexibility index (Phi) is 3.57. The second-order valence-electron chi connectivity index (χ2n) is 4.82. The van der Waals surface area contributed by atoms with Crippen LogP contribution in [0.5, 0.6) is 0 Å². The molecule has 0 atom stereocenters. The first kappa shape index (κ1) is 13.6. The molecule has 1 aromatic heterocycles. The van der Waals surface area contributed by atoms with Crippen molar-refractivity contribution in [1.82, 2.24) is 9.29 Å². The van der Waals surface area contributed by atoms with Crippen molar-refractivity contribution in [2.75, 3.05) is 18.8 Å². The van der Waals surface area contributed by atoms with E-state index in [1.807, 2.05) is 13.8 Å². The third-order valence-electron chi connectivity index (χ3n) is 2.80. The van der Waals surface area contributed by atoms with Crippen molar-refractivity contribution in [1.29, 1.82) is 0 Å². The number of H-pyrrole nitrogens is 1. The molecule has 0 radical (unpaired) electrons. The van der Waals surface area contributed by atoms with Crippen LogP contribution >= 0.6 is 11.8 Å². The highest BCUT2D eigenvalue weighted by Crippen LogP contribution is 2.31. The number of rotatable bonds is 2. The number of hydrogen-bond acceptors (Lipinski definition) is 4. The molecule has 0 saturated carbocycles. The molecule has 0 aliphatic carbocycles. The van der Waals surface area contributed by atoms with Crippen molar-refractivity contribution in [3.05, 3.63) is 28.7 Å². The van der Waals surface area contributed by atoms with Gasteiger partial charge in [0, 0.05) is 42.0 Å². The van der Waals surface area contributed by atoms with Crippen molar-refractivity contribution < 1.29 is 8.42 Å². The summed E-state index contributed by atoms with van der Waals surface area (Å²) in [5, 5.41) is 0. The molecule has 5 nitrogen and oxygen atoms in total. The molecule has 100 valence electrons. The van der Waals surface area contributed by atoms with Crippen LogP contribution in [0.15, 0.2) is 28.2 Å². The Morgan fingerprint density at radius 1 is 1.44 bits per heavy atom. The van der Waals surface area contributed by atoms with Gasteiger partial charge in [0.05, 0.1) is 0 Å². The summed E-state index contributed by atoms with van der Waals surface area (Å²) in [6, 6.07) is 1.23. The molecule has 1 fully saturated rings. The molecule has 2 rings (SSSR count). The van der Waals surface area contributed by atoms with Gasteiger partial charge in [-0.3, -0.25) is 4.79 Å². The van der Waals surface area contributed by atoms with Crippen LogP contribution in [0.25, 0.3) is 0 Å². The maximum atomic E-state index is 12.4. The summed E-state index contributed by atoms with van der Waals surface area (Å²) in [5.74, 6) is 0.747. The number of pyridine rings is 1. The molecule has 0 aromatic carbocycles. The minimum atomic E-state index is -3.69. The van der Waals surface area contributed by atoms with E-state index in [0.29, 0.717) is 13.1 Å². The Bertz CT molecular complexity index is 592. The van der Waals surface area contributed by atoms with E-state index < -0.39 is 15.5 Å². The van der Waals surface area contributed by atoms with Crippen LogP contribution in [0.1, 0.15) is 13.8 Å². The van der Waals surface area contributed by atoms with Gasteiger partial charge in [-0.1, -0.05) is 0 Å². The summed E-state index contributed by atoms with van der Waals surface area (Å²) in [4.78, 5) is 14.1. The zero-order valence-electron chi connectivity index (χ0n) is 10.3. The molecular formula is C11H16N2O3S2. The van der Waals surface area contributed by atoms with E-state index in [9.17, 15) is 13.2 Å². The van der Waals surface area contributed by atoms with Crippen molar-refractivity contribution in [2.24, 2.45) is 0 Å². The molecule has 1 aliphatic heterocycles. The number of aromatic amines is 1. The monoisotopic (exact) mass is 288 g/mol. The topological polar surface area (TPSA) is 70.2 Å². The molecule has 18 heavy (non-hydrogen) atoms. The Morgan fingerprint density at radius 2 is 2.17 bits per heavy atom. The number of hydrogen-bond donors (Lipinski definition) is 1. The Balaban J connectivity index is 2.38. The fourth-order valence-electron chi connectivity index (χ4n) is 1.92. The van der Waals surface area contributed by atoms with E-state index in [1.54, 1.807) is 11.8 Å². The standard InChI is InChI=1S/C11H16N2O3S2/c1-11(2)8-13(5-6-17-11)18(15,16)10-7-12-4-3-9(10)14/h3-4,7H,5-6,8H2,1-2H3,(H,12,14). The smallest absolute Gasteiger partial charge is 0.248 e. The summed E-state index contributed by atoms with van der Waals surface area (Å²) in [6.45, 7) is 4.89. The predicted molar refractivity (Wildman–Crippen MR) is 72.4 cm³/mol. The highest BCUT2D eigenvalue weighted by atomic mass is 32.2. The molecule has 1 aliphatic rings. The summed E-state index contributed by atoms with van der Waals surface area (Å²) in [7, 11) is -3.69. The first-order valence-electron chi connectivity index (χ1n) is 5.64. The van der Waals surface area contributed by atoms with Crippen LogP contribution in [0.4, 0.5) is 0 Å². The number of thioether (sulfide) groups is 1. The van der Waals surface area contributed by atoms with Crippen molar-refractivity contribution >= 4 is 21.8 Å². The quantitative estimate of drug-likeness (QED) is 0.877. The van der Waals surface area contributed by atoms with Crippen LogP contribution in [0, 0.1) is 0 Å². The van der Waals surface area contributed by atoms with E-state index in [-0.39, 0.29) is 9.64 Å². The van der Waals surface area contributed by atoms with Crippen LogP contribution in [-0.2, 0) is 10.0 Å². The third kappa shape index (κ3) is 2.62. The van der Waals surface area contributed by atoms with Crippen molar-refractivity contribution in [3.63, 3.8) is 0 Å². The van der Waals surface area contributed by atoms with Gasteiger partial charge in [-0.15, -0.1) is 0 Å². The average molecular weight is 288 g/mol. The summed E-state index contributed by atoms with van der Waals surface area (Å²) in [6.07, 6.45) is 2.68. The molecule has 2 heterocycles. The first-order chi connectivity index (χ1) is 8.33. The lowest BCUT2D eigenvalue weighted by molar-refractivity contribution is 0.387. The number of aromatic nitrogens is 1. The molecule has 1 saturated heterocycles. The fourth-order valence-corrected chi connectivity index (χ4v) is 4.87. The van der Waals surface area contributed by atoms with Gasteiger partial charge in [0.25, 0.3) is 0 Å². The second-order valence-corrected chi connectivity index (χ2v) is 8.53. The van der Waals surface area contributed by atoms with Gasteiger partial charge in [0.15, 0.2) is 0 Å². The molecule has 0 amide bonds. The summed E-state index contributed by atoms with van der Waals surface area (Å²) < 4.78 is 26.1. The summed E-state index contributed by atoms with van der Waals surface area (Å²) >= 11 is 1.75. The highest BCUT2D eigenvalue weighted by molar-refractivity contribution is 8.00. The largest absolute Gasteiger partial charge is 0.366 e. The third-order valence-corrected chi connectivity index (χ3v) is 5.96. The predicted octanol–water partition coefficient (Wildman–Crippen LogP) is 0.891. The van der Waals surface area contributed by atoms with E-state index >= 15 is 0 Å². The average Bonchev–Trinajstić information content (AvgIpc) is 2.28. The van der Waals surface area contributed by atoms with Crippen LogP contribution in [0.3, 0.4) is 0 Å². The lowest BCUT2D eigenvalue weighted by Crippen LogP contribution is -2.46. The number of nitrogens with one attached hydrogen (secondary N) is 1. The van der Waals surface area contributed by atoms with E-state index in [1.165, 1.54) is 22.8 Å². The Labute approximate surface area is 111 Å². The van der Waals surface area contributed by atoms with E-state index in [2.05, 4.69) is 4.98 Å². The van der Waals surface area contributed by atoms with E-state index in [4.69, 9.17) is 0 Å². The maximum absolute atomic E-state index is 12.4. The van der Waals surface area contributed by atoms with Gasteiger partial charge in [-0.05, 0) is 13.8 Å². The van der Waals surface area contributed by atoms with Gasteiger partial charge >= 0.3 is 0 Å². The minimum absolute atomic E-state index is 0.118. The minimum Gasteiger partial charge on any atom is -0.366 e. The van der Waals surface area contributed by atoms with Gasteiger partial charge in [-0.2, -0.15) is 16.1 Å². The van der Waals surface area contributed by atoms with Gasteiger partial charge in [0.2, 0.25) is 15.5 Å². The maximum Gasteiger partial charge on any atom is 0.248 e. The Morgan fingerprint density at radius 3 is 2.78 bits per heavy atom. The number of sulfonamides is 1. The highest BCUT2D eigenvalue weighted by Gasteiger charge is 2.35. The first-order valence-corrected chi connectivity index (χ1v) is 8.07. The van der Waals surface area contributed by atoms with Crippen LogP contribution in [0.2, 0.25) is 0 Å². The van der Waals surface area contributed by atoms with Crippen molar-refractivity contribution in [2.45, 2.75) is 23.5 Å². The fraction of sp³-hybridized carbons (Fsp3) is 0.545. The lowest BCUT2D eigenvalue weighted by Gasteiger charge is -2.36. The zero-order chi connectivity index (χ0) is 13.4. The normalized spacial score (nSPS) is 20.8. The molecular weight excluding hydrogens is 272 g/mol. The van der Waals surface area contributed by atoms with E-state index in [0.717, 1.165) is 5.75 Å². The van der Waals surface area contributed by atoms with Crippen molar-refractivity contribution in [3.8, 4) is 0 Å². The molecule has 1 aromatic rings. The molecule has 1 N–H and O–H groups in total. The SMILES string of the molecule is CC1(C)CN(S(=O)(=O)c2c[nH]ccc2=O)CCS1. The molecule has 0 bridgehead atoms. The van der Waals surface area contributed by atoms with Crippen LogP contribution in [-0.4, -0.2) is 41.3 Å². The van der Waals surface area contributed by atoms with Gasteiger partial charge < -0.3 is 4.98 Å². The van der Waals surface area contributed by atoms with Crippen LogP contribution < -0.4 is 5.43 Å².